The molecule has 0 spiro atoms. The van der Waals surface area contributed by atoms with Gasteiger partial charge in [-0.25, -0.2) is 13.1 Å². The Balaban J connectivity index is 1.83. The van der Waals surface area contributed by atoms with E-state index in [0.29, 0.717) is 11.4 Å². The number of methoxy groups -OCH3 is 2. The molecule has 0 amide bonds. The summed E-state index contributed by atoms with van der Waals surface area (Å²) in [5.74, 6) is 0.657. The molecule has 0 radical (unpaired) electrons. The lowest BCUT2D eigenvalue weighted by Crippen LogP contribution is -2.24. The number of nitrogens with zero attached hydrogens (tertiary/aromatic N) is 3. The second kappa shape index (κ2) is 7.77. The number of rotatable bonds is 7. The summed E-state index contributed by atoms with van der Waals surface area (Å²) in [5, 5.41) is 4.35. The lowest BCUT2D eigenvalue weighted by molar-refractivity contribution is 0.392. The van der Waals surface area contributed by atoms with Crippen molar-refractivity contribution < 1.29 is 17.9 Å². The molecule has 0 unspecified atom stereocenters. The fourth-order valence-electron chi connectivity index (χ4n) is 2.61. The number of ether oxygens (including phenoxy) is 2. The third-order valence-corrected chi connectivity index (χ3v) is 5.38. The predicted octanol–water partition coefficient (Wildman–Crippen LogP) is 1.98. The van der Waals surface area contributed by atoms with Gasteiger partial charge in [0.15, 0.2) is 0 Å². The van der Waals surface area contributed by atoms with Gasteiger partial charge in [0.1, 0.15) is 16.4 Å². The zero-order valence-corrected chi connectivity index (χ0v) is 16.0. The second-order valence-electron chi connectivity index (χ2n) is 5.70. The standard InChI is InChI=1S/C18H20N4O4S/c1-22-16(15-6-4-5-9-19-15)10-13(21-22)12-20-27(23,24)18-11-14(25-2)7-8-17(18)26-3/h4-11,20H,12H2,1-3H3. The molecule has 2 aromatic heterocycles. The molecule has 0 aliphatic rings. The number of aromatic nitrogens is 3. The minimum atomic E-state index is -3.82. The van der Waals surface area contributed by atoms with Crippen LogP contribution in [-0.2, 0) is 23.6 Å². The summed E-state index contributed by atoms with van der Waals surface area (Å²) < 4.78 is 39.9. The number of nitrogens with one attached hydrogen (secondary N) is 1. The van der Waals surface area contributed by atoms with Crippen molar-refractivity contribution in [2.24, 2.45) is 7.05 Å². The van der Waals surface area contributed by atoms with Gasteiger partial charge >= 0.3 is 0 Å². The van der Waals surface area contributed by atoms with Gasteiger partial charge in [0.25, 0.3) is 0 Å². The van der Waals surface area contributed by atoms with E-state index in [1.54, 1.807) is 36.1 Å². The van der Waals surface area contributed by atoms with Gasteiger partial charge < -0.3 is 9.47 Å². The molecule has 0 saturated carbocycles. The van der Waals surface area contributed by atoms with E-state index in [4.69, 9.17) is 9.47 Å². The van der Waals surface area contributed by atoms with Crippen LogP contribution < -0.4 is 14.2 Å². The average molecular weight is 388 g/mol. The van der Waals surface area contributed by atoms with Crippen LogP contribution in [0.15, 0.2) is 53.6 Å². The van der Waals surface area contributed by atoms with E-state index in [9.17, 15) is 8.42 Å². The molecule has 142 valence electrons. The van der Waals surface area contributed by atoms with Crippen LogP contribution in [0.3, 0.4) is 0 Å². The van der Waals surface area contributed by atoms with E-state index in [2.05, 4.69) is 14.8 Å². The lowest BCUT2D eigenvalue weighted by atomic mass is 10.2. The lowest BCUT2D eigenvalue weighted by Gasteiger charge is -2.11. The topological polar surface area (TPSA) is 95.3 Å². The van der Waals surface area contributed by atoms with Crippen molar-refractivity contribution in [1.29, 1.82) is 0 Å². The van der Waals surface area contributed by atoms with Crippen molar-refractivity contribution in [3.63, 3.8) is 0 Å². The summed E-state index contributed by atoms with van der Waals surface area (Å²) in [6.07, 6.45) is 1.69. The summed E-state index contributed by atoms with van der Waals surface area (Å²) in [6, 6.07) is 12.0. The first-order chi connectivity index (χ1) is 12.9. The van der Waals surface area contributed by atoms with Crippen LogP contribution in [-0.4, -0.2) is 37.4 Å². The highest BCUT2D eigenvalue weighted by Gasteiger charge is 2.21. The SMILES string of the molecule is COc1ccc(OC)c(S(=O)(=O)NCc2cc(-c3ccccn3)n(C)n2)c1. The molecular weight excluding hydrogens is 368 g/mol. The van der Waals surface area contributed by atoms with Crippen molar-refractivity contribution in [3.8, 4) is 22.9 Å². The molecule has 3 rings (SSSR count). The number of benzene rings is 1. The van der Waals surface area contributed by atoms with Crippen LogP contribution in [0, 0.1) is 0 Å². The average Bonchev–Trinajstić information content (AvgIpc) is 3.07. The normalized spacial score (nSPS) is 11.4. The molecule has 2 heterocycles. The molecule has 8 nitrogen and oxygen atoms in total. The highest BCUT2D eigenvalue weighted by Crippen LogP contribution is 2.28. The Hall–Kier alpha value is -2.91. The van der Waals surface area contributed by atoms with Gasteiger partial charge in [0.05, 0.1) is 37.8 Å². The maximum atomic E-state index is 12.7. The van der Waals surface area contributed by atoms with Gasteiger partial charge in [-0.15, -0.1) is 0 Å². The molecule has 0 aliphatic heterocycles. The number of aryl methyl sites for hydroxylation is 1. The maximum Gasteiger partial charge on any atom is 0.244 e. The molecular formula is C18H20N4O4S. The Labute approximate surface area is 157 Å². The minimum absolute atomic E-state index is 0.00484. The van der Waals surface area contributed by atoms with Gasteiger partial charge in [-0.05, 0) is 30.3 Å². The highest BCUT2D eigenvalue weighted by molar-refractivity contribution is 7.89. The number of hydrogen-bond acceptors (Lipinski definition) is 6. The summed E-state index contributed by atoms with van der Waals surface area (Å²) >= 11 is 0. The van der Waals surface area contributed by atoms with Crippen molar-refractivity contribution in [3.05, 3.63) is 54.4 Å². The first-order valence-corrected chi connectivity index (χ1v) is 9.59. The quantitative estimate of drug-likeness (QED) is 0.665. The summed E-state index contributed by atoms with van der Waals surface area (Å²) in [7, 11) is 0.849. The summed E-state index contributed by atoms with van der Waals surface area (Å²) in [5.41, 5.74) is 2.13. The van der Waals surface area contributed by atoms with Crippen molar-refractivity contribution in [2.45, 2.75) is 11.4 Å². The predicted molar refractivity (Wildman–Crippen MR) is 100 cm³/mol. The molecule has 0 bridgehead atoms. The van der Waals surface area contributed by atoms with Crippen molar-refractivity contribution >= 4 is 10.0 Å². The smallest absolute Gasteiger partial charge is 0.244 e. The van der Waals surface area contributed by atoms with Crippen LogP contribution in [0.4, 0.5) is 0 Å². The highest BCUT2D eigenvalue weighted by atomic mass is 32.2. The molecule has 3 aromatic rings. The Bertz CT molecular complexity index is 1030. The van der Waals surface area contributed by atoms with Crippen molar-refractivity contribution in [2.75, 3.05) is 14.2 Å². The van der Waals surface area contributed by atoms with E-state index in [-0.39, 0.29) is 17.2 Å². The third-order valence-electron chi connectivity index (χ3n) is 3.96. The van der Waals surface area contributed by atoms with Crippen LogP contribution in [0.5, 0.6) is 11.5 Å². The molecule has 1 aromatic carbocycles. The zero-order valence-electron chi connectivity index (χ0n) is 15.2. The fraction of sp³-hybridized carbons (Fsp3) is 0.222. The Kier molecular flexibility index (Phi) is 5.43. The number of sulfonamides is 1. The van der Waals surface area contributed by atoms with E-state index < -0.39 is 10.0 Å². The molecule has 0 aliphatic carbocycles. The minimum Gasteiger partial charge on any atom is -0.497 e. The van der Waals surface area contributed by atoms with Gasteiger partial charge in [0.2, 0.25) is 10.0 Å². The fourth-order valence-corrected chi connectivity index (χ4v) is 3.79. The van der Waals surface area contributed by atoms with Crippen LogP contribution in [0.2, 0.25) is 0 Å². The van der Waals surface area contributed by atoms with Crippen LogP contribution >= 0.6 is 0 Å². The second-order valence-corrected chi connectivity index (χ2v) is 7.44. The maximum absolute atomic E-state index is 12.7. The van der Waals surface area contributed by atoms with Gasteiger partial charge in [-0.3, -0.25) is 9.67 Å². The van der Waals surface area contributed by atoms with Crippen molar-refractivity contribution in [1.82, 2.24) is 19.5 Å². The molecule has 27 heavy (non-hydrogen) atoms. The van der Waals surface area contributed by atoms with Gasteiger partial charge in [-0.2, -0.15) is 5.10 Å². The Morgan fingerprint density at radius 3 is 2.59 bits per heavy atom. The van der Waals surface area contributed by atoms with Crippen LogP contribution in [0.1, 0.15) is 5.69 Å². The molecule has 1 N–H and O–H groups in total. The van der Waals surface area contributed by atoms with E-state index >= 15 is 0 Å². The molecule has 0 atom stereocenters. The Morgan fingerprint density at radius 1 is 1.11 bits per heavy atom. The van der Waals surface area contributed by atoms with E-state index in [0.717, 1.165) is 11.4 Å². The molecule has 0 saturated heterocycles. The molecule has 9 heteroatoms. The van der Waals surface area contributed by atoms with E-state index in [1.165, 1.54) is 20.3 Å². The number of pyridine rings is 1. The van der Waals surface area contributed by atoms with E-state index in [1.807, 2.05) is 18.2 Å². The van der Waals surface area contributed by atoms with Gasteiger partial charge in [0, 0.05) is 19.3 Å². The number of hydrogen-bond donors (Lipinski definition) is 1. The molecule has 0 fully saturated rings. The largest absolute Gasteiger partial charge is 0.497 e. The zero-order chi connectivity index (χ0) is 19.4. The summed E-state index contributed by atoms with van der Waals surface area (Å²) in [4.78, 5) is 4.30. The third kappa shape index (κ3) is 4.09. The van der Waals surface area contributed by atoms with Crippen LogP contribution in [0.25, 0.3) is 11.4 Å². The van der Waals surface area contributed by atoms with Gasteiger partial charge in [-0.1, -0.05) is 6.07 Å². The Morgan fingerprint density at radius 2 is 1.93 bits per heavy atom. The first-order valence-electron chi connectivity index (χ1n) is 8.10. The first kappa shape index (κ1) is 18.9. The monoisotopic (exact) mass is 388 g/mol. The summed E-state index contributed by atoms with van der Waals surface area (Å²) in [6.45, 7) is 0.0311.